The molecule has 1 N–H and O–H groups in total. The van der Waals surface area contributed by atoms with Gasteiger partial charge >= 0.3 is 0 Å². The van der Waals surface area contributed by atoms with Gasteiger partial charge in [0.25, 0.3) is 5.91 Å². The van der Waals surface area contributed by atoms with Gasteiger partial charge in [0.1, 0.15) is 18.2 Å². The second-order valence-electron chi connectivity index (χ2n) is 7.48. The quantitative estimate of drug-likeness (QED) is 0.579. The Hall–Kier alpha value is -3.49. The van der Waals surface area contributed by atoms with E-state index in [-0.39, 0.29) is 5.91 Å². The number of anilines is 1. The topological polar surface area (TPSA) is 106 Å². The van der Waals surface area contributed by atoms with Crippen LogP contribution in [0.2, 0.25) is 0 Å². The monoisotopic (exact) mass is 422 g/mol. The minimum Gasteiger partial charge on any atom is -0.476 e. The average molecular weight is 422 g/mol. The first-order chi connectivity index (χ1) is 15.1. The minimum absolute atomic E-state index is 0.174. The predicted octanol–water partition coefficient (Wildman–Crippen LogP) is 2.94. The van der Waals surface area contributed by atoms with Crippen LogP contribution < -0.4 is 15.0 Å². The van der Waals surface area contributed by atoms with Crippen molar-refractivity contribution in [2.24, 2.45) is 0 Å². The Balaban J connectivity index is 1.27. The molecule has 9 heteroatoms. The smallest absolute Gasteiger partial charge is 0.251 e. The molecule has 1 fully saturated rings. The highest BCUT2D eigenvalue weighted by molar-refractivity contribution is 5.94. The van der Waals surface area contributed by atoms with Crippen LogP contribution >= 0.6 is 0 Å². The van der Waals surface area contributed by atoms with Gasteiger partial charge in [-0.1, -0.05) is 17.3 Å². The van der Waals surface area contributed by atoms with Crippen LogP contribution in [0.3, 0.4) is 0 Å². The Labute approximate surface area is 180 Å². The normalized spacial score (nSPS) is 13.8. The largest absolute Gasteiger partial charge is 0.476 e. The fourth-order valence-corrected chi connectivity index (χ4v) is 3.49. The zero-order valence-corrected chi connectivity index (χ0v) is 17.8. The average Bonchev–Trinajstić information content (AvgIpc) is 3.23. The van der Waals surface area contributed by atoms with Crippen molar-refractivity contribution in [1.29, 1.82) is 0 Å². The lowest BCUT2D eigenvalue weighted by molar-refractivity contribution is 0.0946. The van der Waals surface area contributed by atoms with Crippen LogP contribution in [0.4, 0.5) is 5.82 Å². The molecule has 0 aliphatic carbocycles. The van der Waals surface area contributed by atoms with Gasteiger partial charge in [0.2, 0.25) is 17.6 Å². The van der Waals surface area contributed by atoms with Crippen LogP contribution in [0.5, 0.6) is 5.88 Å². The molecular weight excluding hydrogens is 396 g/mol. The van der Waals surface area contributed by atoms with Gasteiger partial charge in [0.15, 0.2) is 0 Å². The molecule has 162 valence electrons. The number of ether oxygens (including phenoxy) is 1. The molecule has 31 heavy (non-hydrogen) atoms. The highest BCUT2D eigenvalue weighted by atomic mass is 16.5. The molecule has 4 rings (SSSR count). The summed E-state index contributed by atoms with van der Waals surface area (Å²) in [4.78, 5) is 27.7. The number of amides is 1. The van der Waals surface area contributed by atoms with Crippen LogP contribution in [0, 0.1) is 13.8 Å². The standard InChI is InChI=1S/C22H26N6O3/c1-15-24-19(28-11-4-3-5-12-28)14-20(25-15)30-13-10-23-22(29)18-8-6-17(7-9-18)21-26-16(2)31-27-21/h6-9,14H,3-5,10-13H2,1-2H3,(H,23,29). The highest BCUT2D eigenvalue weighted by Gasteiger charge is 2.14. The molecule has 0 saturated carbocycles. The third-order valence-electron chi connectivity index (χ3n) is 5.05. The van der Waals surface area contributed by atoms with E-state index in [0.29, 0.717) is 42.1 Å². The summed E-state index contributed by atoms with van der Waals surface area (Å²) in [7, 11) is 0. The third-order valence-corrected chi connectivity index (χ3v) is 5.05. The van der Waals surface area contributed by atoms with Gasteiger partial charge in [-0.15, -0.1) is 0 Å². The number of aryl methyl sites for hydroxylation is 2. The molecule has 0 spiro atoms. The Morgan fingerprint density at radius 2 is 1.87 bits per heavy atom. The summed E-state index contributed by atoms with van der Waals surface area (Å²) in [5.74, 6) is 2.94. The van der Waals surface area contributed by atoms with Crippen molar-refractivity contribution < 1.29 is 14.1 Å². The van der Waals surface area contributed by atoms with Crippen LogP contribution in [0.15, 0.2) is 34.9 Å². The molecule has 3 aromatic rings. The number of rotatable bonds is 7. The summed E-state index contributed by atoms with van der Waals surface area (Å²) in [5, 5.41) is 6.73. The zero-order valence-electron chi connectivity index (χ0n) is 17.8. The first kappa shape index (κ1) is 20.8. The first-order valence-corrected chi connectivity index (χ1v) is 10.5. The number of benzene rings is 1. The molecular formula is C22H26N6O3. The van der Waals surface area contributed by atoms with E-state index in [2.05, 4.69) is 30.3 Å². The number of hydrogen-bond acceptors (Lipinski definition) is 8. The second kappa shape index (κ2) is 9.55. The van der Waals surface area contributed by atoms with E-state index in [1.54, 1.807) is 31.2 Å². The van der Waals surface area contributed by atoms with Crippen molar-refractivity contribution in [2.75, 3.05) is 31.1 Å². The Morgan fingerprint density at radius 1 is 1.10 bits per heavy atom. The summed E-state index contributed by atoms with van der Waals surface area (Å²) in [6.45, 7) is 6.31. The molecule has 9 nitrogen and oxygen atoms in total. The molecule has 1 aliphatic rings. The SMILES string of the molecule is Cc1nc(OCCNC(=O)c2ccc(-c3noc(C)n3)cc2)cc(N2CCCCC2)n1. The minimum atomic E-state index is -0.174. The number of carbonyl (C=O) groups is 1. The number of carbonyl (C=O) groups excluding carboxylic acids is 1. The molecule has 1 aromatic carbocycles. The Bertz CT molecular complexity index is 1030. The molecule has 2 aromatic heterocycles. The van der Waals surface area contributed by atoms with Gasteiger partial charge in [-0.25, -0.2) is 4.98 Å². The van der Waals surface area contributed by atoms with Gasteiger partial charge in [-0.3, -0.25) is 4.79 Å². The van der Waals surface area contributed by atoms with Crippen molar-refractivity contribution in [2.45, 2.75) is 33.1 Å². The molecule has 0 atom stereocenters. The third kappa shape index (κ3) is 5.36. The van der Waals surface area contributed by atoms with Crippen molar-refractivity contribution in [1.82, 2.24) is 25.4 Å². The van der Waals surface area contributed by atoms with E-state index in [9.17, 15) is 4.79 Å². The van der Waals surface area contributed by atoms with Gasteiger partial charge in [0.05, 0.1) is 6.54 Å². The number of nitrogens with zero attached hydrogens (tertiary/aromatic N) is 5. The Kier molecular flexibility index (Phi) is 6.40. The van der Waals surface area contributed by atoms with Crippen molar-refractivity contribution in [3.05, 3.63) is 47.6 Å². The molecule has 0 radical (unpaired) electrons. The number of aromatic nitrogens is 4. The summed E-state index contributed by atoms with van der Waals surface area (Å²) >= 11 is 0. The predicted molar refractivity (Wildman–Crippen MR) is 115 cm³/mol. The fraction of sp³-hybridized carbons (Fsp3) is 0.409. The molecule has 3 heterocycles. The van der Waals surface area contributed by atoms with Crippen LogP contribution in [0.25, 0.3) is 11.4 Å². The zero-order chi connectivity index (χ0) is 21.6. The number of nitrogens with one attached hydrogen (secondary N) is 1. The lowest BCUT2D eigenvalue weighted by Gasteiger charge is -2.28. The maximum absolute atomic E-state index is 12.4. The van der Waals surface area contributed by atoms with Crippen molar-refractivity contribution >= 4 is 11.7 Å². The van der Waals surface area contributed by atoms with Crippen LogP contribution in [0.1, 0.15) is 41.3 Å². The highest BCUT2D eigenvalue weighted by Crippen LogP contribution is 2.21. The van der Waals surface area contributed by atoms with E-state index >= 15 is 0 Å². The molecule has 0 bridgehead atoms. The van der Waals surface area contributed by atoms with Crippen LogP contribution in [-0.4, -0.2) is 52.3 Å². The maximum Gasteiger partial charge on any atom is 0.251 e. The maximum atomic E-state index is 12.4. The molecule has 1 saturated heterocycles. The van der Waals surface area contributed by atoms with Gasteiger partial charge in [-0.2, -0.15) is 9.97 Å². The summed E-state index contributed by atoms with van der Waals surface area (Å²) in [5.41, 5.74) is 1.34. The van der Waals surface area contributed by atoms with E-state index in [1.165, 1.54) is 19.3 Å². The second-order valence-corrected chi connectivity index (χ2v) is 7.48. The van der Waals surface area contributed by atoms with E-state index in [0.717, 1.165) is 24.5 Å². The fourth-order valence-electron chi connectivity index (χ4n) is 3.49. The lowest BCUT2D eigenvalue weighted by atomic mass is 10.1. The van der Waals surface area contributed by atoms with E-state index in [4.69, 9.17) is 9.26 Å². The van der Waals surface area contributed by atoms with Gasteiger partial charge < -0.3 is 19.5 Å². The molecule has 1 aliphatic heterocycles. The molecule has 1 amide bonds. The van der Waals surface area contributed by atoms with E-state index < -0.39 is 0 Å². The van der Waals surface area contributed by atoms with Crippen molar-refractivity contribution in [3.63, 3.8) is 0 Å². The van der Waals surface area contributed by atoms with Gasteiger partial charge in [0, 0.05) is 37.2 Å². The summed E-state index contributed by atoms with van der Waals surface area (Å²) in [6, 6.07) is 8.92. The summed E-state index contributed by atoms with van der Waals surface area (Å²) < 4.78 is 10.7. The first-order valence-electron chi connectivity index (χ1n) is 10.5. The van der Waals surface area contributed by atoms with Crippen LogP contribution in [-0.2, 0) is 0 Å². The lowest BCUT2D eigenvalue weighted by Crippen LogP contribution is -2.30. The Morgan fingerprint density at radius 3 is 2.58 bits per heavy atom. The molecule has 0 unspecified atom stereocenters. The summed E-state index contributed by atoms with van der Waals surface area (Å²) in [6.07, 6.45) is 3.63. The number of piperidine rings is 1. The number of hydrogen-bond donors (Lipinski definition) is 1. The van der Waals surface area contributed by atoms with Gasteiger partial charge in [-0.05, 0) is 38.3 Å². The van der Waals surface area contributed by atoms with Crippen molar-refractivity contribution in [3.8, 4) is 17.3 Å². The van der Waals surface area contributed by atoms with E-state index in [1.807, 2.05) is 13.0 Å².